The molecule has 0 fully saturated rings. The van der Waals surface area contributed by atoms with Crippen molar-refractivity contribution in [2.45, 2.75) is 0 Å². The summed E-state index contributed by atoms with van der Waals surface area (Å²) in [5, 5.41) is 0. The molecule has 0 atom stereocenters. The van der Waals surface area contributed by atoms with E-state index in [1.165, 1.54) is 0 Å². The van der Waals surface area contributed by atoms with Gasteiger partial charge in [0.25, 0.3) is 0 Å². The van der Waals surface area contributed by atoms with Gasteiger partial charge in [0, 0.05) is 0 Å². The van der Waals surface area contributed by atoms with Gasteiger partial charge in [-0.25, -0.2) is 0 Å². The fraction of sp³-hybridized carbons (Fsp3) is 0. The highest BCUT2D eigenvalue weighted by atomic mass is 127. The summed E-state index contributed by atoms with van der Waals surface area (Å²) in [5.41, 5.74) is 0. The first-order valence-corrected chi connectivity index (χ1v) is 3.15. The summed E-state index contributed by atoms with van der Waals surface area (Å²) in [5.74, 6) is 0.896. The van der Waals surface area contributed by atoms with Crippen molar-refractivity contribution < 1.29 is 3.07 Å². The van der Waals surface area contributed by atoms with Gasteiger partial charge < -0.3 is 3.07 Å². The van der Waals surface area contributed by atoms with E-state index in [-0.39, 0.29) is 0 Å². The first-order valence-electron chi connectivity index (χ1n) is 2.27. The smallest absolute Gasteiger partial charge is 0.192 e. The molecular weight excluding hydrogens is 215 g/mol. The Morgan fingerprint density at radius 2 is 1.75 bits per heavy atom. The third kappa shape index (κ3) is 1.36. The molecule has 0 saturated carbocycles. The highest BCUT2D eigenvalue weighted by Crippen LogP contribution is 2.10. The second kappa shape index (κ2) is 2.91. The van der Waals surface area contributed by atoms with Crippen molar-refractivity contribution in [3.05, 3.63) is 30.3 Å². The lowest BCUT2D eigenvalue weighted by Gasteiger charge is -1.90. The molecular formula is C6H5IO. The maximum Gasteiger partial charge on any atom is 0.192 e. The van der Waals surface area contributed by atoms with Crippen LogP contribution < -0.4 is 3.07 Å². The monoisotopic (exact) mass is 220 g/mol. The van der Waals surface area contributed by atoms with Gasteiger partial charge in [-0.3, -0.25) is 0 Å². The minimum Gasteiger partial charge on any atom is -0.428 e. The Hall–Kier alpha value is -0.250. The van der Waals surface area contributed by atoms with Crippen LogP contribution in [0.3, 0.4) is 0 Å². The summed E-state index contributed by atoms with van der Waals surface area (Å²) in [6.45, 7) is 0. The Morgan fingerprint density at radius 1 is 1.12 bits per heavy atom. The van der Waals surface area contributed by atoms with E-state index in [1.54, 1.807) is 0 Å². The van der Waals surface area contributed by atoms with Crippen LogP contribution in [-0.2, 0) is 0 Å². The van der Waals surface area contributed by atoms with Crippen LogP contribution in [0.25, 0.3) is 0 Å². The minimum atomic E-state index is 0.896. The number of hydrogen-bond acceptors (Lipinski definition) is 1. The Bertz CT molecular complexity index is 150. The number of para-hydroxylation sites is 1. The molecule has 1 nitrogen and oxygen atoms in total. The molecule has 0 unspecified atom stereocenters. The molecule has 0 aliphatic carbocycles. The van der Waals surface area contributed by atoms with Crippen LogP contribution in [0, 0.1) is 0 Å². The van der Waals surface area contributed by atoms with Gasteiger partial charge in [0.15, 0.2) is 23.0 Å². The zero-order valence-corrected chi connectivity index (χ0v) is 6.33. The van der Waals surface area contributed by atoms with Crippen molar-refractivity contribution in [3.63, 3.8) is 0 Å². The van der Waals surface area contributed by atoms with E-state index in [9.17, 15) is 0 Å². The third-order valence-electron chi connectivity index (χ3n) is 0.832. The van der Waals surface area contributed by atoms with E-state index in [1.807, 2.05) is 53.3 Å². The van der Waals surface area contributed by atoms with Crippen molar-refractivity contribution in [2.24, 2.45) is 0 Å². The van der Waals surface area contributed by atoms with Crippen LogP contribution in [0.1, 0.15) is 0 Å². The number of hydrogen-bond donors (Lipinski definition) is 0. The maximum absolute atomic E-state index is 4.88. The summed E-state index contributed by atoms with van der Waals surface area (Å²) < 4.78 is 4.88. The lowest BCUT2D eigenvalue weighted by Crippen LogP contribution is -1.68. The standard InChI is InChI=1S/C6H5IO/c7-8-6-4-2-1-3-5-6/h1-5H. The van der Waals surface area contributed by atoms with Gasteiger partial charge in [-0.05, 0) is 12.1 Å². The molecule has 1 rings (SSSR count). The molecule has 0 aromatic heterocycles. The molecule has 0 N–H and O–H groups in total. The van der Waals surface area contributed by atoms with Crippen LogP contribution in [-0.4, -0.2) is 0 Å². The quantitative estimate of drug-likeness (QED) is 0.660. The molecule has 0 amide bonds. The fourth-order valence-electron chi connectivity index (χ4n) is 0.472. The molecule has 0 aliphatic heterocycles. The molecule has 0 spiro atoms. The Kier molecular flexibility index (Phi) is 2.14. The molecule has 0 aliphatic rings. The zero-order valence-electron chi connectivity index (χ0n) is 4.17. The average Bonchev–Trinajstić information content (AvgIpc) is 1.90. The van der Waals surface area contributed by atoms with Crippen molar-refractivity contribution in [2.75, 3.05) is 0 Å². The summed E-state index contributed by atoms with van der Waals surface area (Å²) in [7, 11) is 0. The van der Waals surface area contributed by atoms with Gasteiger partial charge >= 0.3 is 0 Å². The fourth-order valence-corrected chi connectivity index (χ4v) is 0.766. The average molecular weight is 220 g/mol. The maximum atomic E-state index is 4.88. The molecule has 0 radical (unpaired) electrons. The van der Waals surface area contributed by atoms with Crippen LogP contribution >= 0.6 is 23.0 Å². The molecule has 0 heterocycles. The second-order valence-electron chi connectivity index (χ2n) is 1.39. The number of rotatable bonds is 1. The molecule has 1 aromatic rings. The van der Waals surface area contributed by atoms with Crippen LogP contribution in [0.15, 0.2) is 30.3 Å². The van der Waals surface area contributed by atoms with Crippen LogP contribution in [0.4, 0.5) is 0 Å². The lowest BCUT2D eigenvalue weighted by molar-refractivity contribution is 0.717. The van der Waals surface area contributed by atoms with E-state index in [2.05, 4.69) is 0 Å². The second-order valence-corrected chi connectivity index (χ2v) is 1.83. The summed E-state index contributed by atoms with van der Waals surface area (Å²) in [6.07, 6.45) is 0. The van der Waals surface area contributed by atoms with Crippen molar-refractivity contribution in [1.29, 1.82) is 0 Å². The van der Waals surface area contributed by atoms with Crippen LogP contribution in [0.2, 0.25) is 0 Å². The first kappa shape index (κ1) is 5.88. The third-order valence-corrected chi connectivity index (χ3v) is 1.34. The van der Waals surface area contributed by atoms with E-state index in [0.29, 0.717) is 0 Å². The predicted molar refractivity (Wildman–Crippen MR) is 41.1 cm³/mol. The van der Waals surface area contributed by atoms with Gasteiger partial charge in [0.1, 0.15) is 5.75 Å². The van der Waals surface area contributed by atoms with E-state index < -0.39 is 0 Å². The zero-order chi connectivity index (χ0) is 5.82. The largest absolute Gasteiger partial charge is 0.428 e. The Labute approximate surface area is 62.4 Å². The SMILES string of the molecule is IOc1ccccc1. The molecule has 1 aromatic carbocycles. The lowest BCUT2D eigenvalue weighted by atomic mass is 10.3. The van der Waals surface area contributed by atoms with Crippen LogP contribution in [0.5, 0.6) is 5.75 Å². The molecule has 8 heavy (non-hydrogen) atoms. The number of halogens is 1. The summed E-state index contributed by atoms with van der Waals surface area (Å²) in [6, 6.07) is 9.65. The van der Waals surface area contributed by atoms with Gasteiger partial charge in [0.2, 0.25) is 0 Å². The first-order chi connectivity index (χ1) is 3.93. The Balaban J connectivity index is 2.83. The minimum absolute atomic E-state index is 0.896. The highest BCUT2D eigenvalue weighted by molar-refractivity contribution is 14.1. The molecule has 0 bridgehead atoms. The molecule has 0 saturated heterocycles. The summed E-state index contributed by atoms with van der Waals surface area (Å²) >= 11 is 1.85. The number of benzene rings is 1. The molecule has 42 valence electrons. The van der Waals surface area contributed by atoms with Crippen molar-refractivity contribution in [1.82, 2.24) is 0 Å². The molecule has 2 heteroatoms. The van der Waals surface area contributed by atoms with E-state index >= 15 is 0 Å². The predicted octanol–water partition coefficient (Wildman–Crippen LogP) is 2.42. The van der Waals surface area contributed by atoms with E-state index in [0.717, 1.165) is 5.75 Å². The summed E-state index contributed by atoms with van der Waals surface area (Å²) in [4.78, 5) is 0. The Morgan fingerprint density at radius 3 is 2.12 bits per heavy atom. The van der Waals surface area contributed by atoms with Gasteiger partial charge in [-0.1, -0.05) is 18.2 Å². The highest BCUT2D eigenvalue weighted by Gasteiger charge is 1.82. The topological polar surface area (TPSA) is 9.23 Å². The van der Waals surface area contributed by atoms with Gasteiger partial charge in [-0.15, -0.1) is 0 Å². The van der Waals surface area contributed by atoms with E-state index in [4.69, 9.17) is 3.07 Å². The van der Waals surface area contributed by atoms with Crippen molar-refractivity contribution >= 4 is 23.0 Å². The van der Waals surface area contributed by atoms with Crippen molar-refractivity contribution in [3.8, 4) is 5.75 Å². The van der Waals surface area contributed by atoms with Gasteiger partial charge in [-0.2, -0.15) is 0 Å². The normalized spacial score (nSPS) is 8.62. The van der Waals surface area contributed by atoms with Gasteiger partial charge in [0.05, 0.1) is 0 Å².